The molecule has 0 bridgehead atoms. The molecule has 1 fully saturated rings. The van der Waals surface area contributed by atoms with Crippen LogP contribution in [-0.4, -0.2) is 60.1 Å². The largest absolute Gasteiger partial charge is 0.399 e. The molecule has 3 N–H and O–H groups in total. The van der Waals surface area contributed by atoms with Gasteiger partial charge in [-0.15, -0.1) is 0 Å². The van der Waals surface area contributed by atoms with E-state index in [2.05, 4.69) is 4.90 Å². The quantitative estimate of drug-likeness (QED) is 0.819. The van der Waals surface area contributed by atoms with Crippen molar-refractivity contribution >= 4 is 23.2 Å². The number of carbonyl (C=O) groups excluding carboxylic acids is 1. The van der Waals surface area contributed by atoms with Crippen LogP contribution < -0.4 is 5.73 Å². The van der Waals surface area contributed by atoms with E-state index in [0.717, 1.165) is 19.5 Å². The number of carbonyl (C=O) groups is 1. The lowest BCUT2D eigenvalue weighted by molar-refractivity contribution is 0.0760. The van der Waals surface area contributed by atoms with Gasteiger partial charge in [0, 0.05) is 31.9 Å². The predicted octanol–water partition coefficient (Wildman–Crippen LogP) is 1.06. The molecule has 0 saturated carbocycles. The Balaban J connectivity index is 2.07. The van der Waals surface area contributed by atoms with Crippen molar-refractivity contribution in [1.82, 2.24) is 9.80 Å². The molecule has 1 aliphatic heterocycles. The maximum absolute atomic E-state index is 12.5. The number of nitrogen functional groups attached to an aromatic ring is 1. The Labute approximate surface area is 123 Å². The van der Waals surface area contributed by atoms with Gasteiger partial charge in [0.1, 0.15) is 0 Å². The van der Waals surface area contributed by atoms with Crippen LogP contribution in [0.2, 0.25) is 5.02 Å². The number of hydrogen-bond acceptors (Lipinski definition) is 4. The van der Waals surface area contributed by atoms with E-state index in [1.807, 2.05) is 0 Å². The zero-order valence-electron chi connectivity index (χ0n) is 11.4. The summed E-state index contributed by atoms with van der Waals surface area (Å²) in [6, 6.07) is 4.96. The molecule has 1 aliphatic rings. The molecular formula is C14H20ClN3O2. The highest BCUT2D eigenvalue weighted by Gasteiger charge is 2.21. The van der Waals surface area contributed by atoms with Crippen molar-refractivity contribution in [2.75, 3.05) is 45.1 Å². The molecule has 6 heteroatoms. The zero-order valence-corrected chi connectivity index (χ0v) is 12.1. The topological polar surface area (TPSA) is 69.8 Å². The summed E-state index contributed by atoms with van der Waals surface area (Å²) in [5.74, 6) is -0.0758. The Morgan fingerprint density at radius 2 is 2.10 bits per heavy atom. The second kappa shape index (κ2) is 6.92. The maximum atomic E-state index is 12.5. The summed E-state index contributed by atoms with van der Waals surface area (Å²) in [5.41, 5.74) is 6.72. The van der Waals surface area contributed by atoms with Crippen LogP contribution in [0.15, 0.2) is 18.2 Å². The molecule has 2 rings (SSSR count). The fourth-order valence-corrected chi connectivity index (χ4v) is 2.61. The molecule has 0 radical (unpaired) electrons. The van der Waals surface area contributed by atoms with E-state index in [-0.39, 0.29) is 12.5 Å². The van der Waals surface area contributed by atoms with E-state index in [0.29, 0.717) is 35.9 Å². The average Bonchev–Trinajstić information content (AvgIpc) is 2.67. The van der Waals surface area contributed by atoms with Gasteiger partial charge in [-0.3, -0.25) is 9.69 Å². The van der Waals surface area contributed by atoms with Crippen molar-refractivity contribution < 1.29 is 9.90 Å². The fourth-order valence-electron chi connectivity index (χ4n) is 2.42. The molecule has 1 heterocycles. The van der Waals surface area contributed by atoms with Gasteiger partial charge in [-0.1, -0.05) is 11.6 Å². The lowest BCUT2D eigenvalue weighted by atomic mass is 10.1. The van der Waals surface area contributed by atoms with Crippen molar-refractivity contribution in [3.8, 4) is 0 Å². The van der Waals surface area contributed by atoms with Crippen LogP contribution in [0.25, 0.3) is 0 Å². The van der Waals surface area contributed by atoms with Crippen LogP contribution in [0, 0.1) is 0 Å². The van der Waals surface area contributed by atoms with E-state index in [9.17, 15) is 4.79 Å². The Hall–Kier alpha value is -1.30. The van der Waals surface area contributed by atoms with Gasteiger partial charge >= 0.3 is 0 Å². The van der Waals surface area contributed by atoms with E-state index in [1.165, 1.54) is 0 Å². The van der Waals surface area contributed by atoms with Gasteiger partial charge in [0.2, 0.25) is 0 Å². The second-order valence-corrected chi connectivity index (χ2v) is 5.36. The third kappa shape index (κ3) is 3.62. The predicted molar refractivity (Wildman–Crippen MR) is 79.9 cm³/mol. The summed E-state index contributed by atoms with van der Waals surface area (Å²) in [6.45, 7) is 3.81. The molecule has 0 unspecified atom stereocenters. The molecule has 0 atom stereocenters. The number of halogens is 1. The summed E-state index contributed by atoms with van der Waals surface area (Å²) < 4.78 is 0. The van der Waals surface area contributed by atoms with Crippen molar-refractivity contribution in [2.45, 2.75) is 6.42 Å². The smallest absolute Gasteiger partial charge is 0.255 e. The Bertz CT molecular complexity index is 481. The molecule has 0 aromatic heterocycles. The van der Waals surface area contributed by atoms with Crippen LogP contribution in [0.1, 0.15) is 16.8 Å². The van der Waals surface area contributed by atoms with Gasteiger partial charge in [-0.05, 0) is 31.2 Å². The minimum atomic E-state index is -0.0758. The molecule has 110 valence electrons. The zero-order chi connectivity index (χ0) is 14.5. The van der Waals surface area contributed by atoms with E-state index in [1.54, 1.807) is 23.1 Å². The summed E-state index contributed by atoms with van der Waals surface area (Å²) in [7, 11) is 0. The number of benzene rings is 1. The van der Waals surface area contributed by atoms with Gasteiger partial charge in [0.15, 0.2) is 0 Å². The number of nitrogens with zero attached hydrogens (tertiary/aromatic N) is 2. The van der Waals surface area contributed by atoms with Gasteiger partial charge in [-0.2, -0.15) is 0 Å². The Kier molecular flexibility index (Phi) is 5.23. The second-order valence-electron chi connectivity index (χ2n) is 4.95. The highest BCUT2D eigenvalue weighted by Crippen LogP contribution is 2.21. The fraction of sp³-hybridized carbons (Fsp3) is 0.500. The first-order valence-electron chi connectivity index (χ1n) is 6.79. The summed E-state index contributed by atoms with van der Waals surface area (Å²) in [6.07, 6.45) is 0.895. The molecule has 0 aliphatic carbocycles. The van der Waals surface area contributed by atoms with Gasteiger partial charge in [0.05, 0.1) is 17.2 Å². The standard InChI is InChI=1S/C14H20ClN3O2/c15-13-3-2-11(16)10-12(13)14(20)18-5-1-4-17(6-7-18)8-9-19/h2-3,10,19H,1,4-9,16H2. The van der Waals surface area contributed by atoms with Gasteiger partial charge in [-0.25, -0.2) is 0 Å². The number of aliphatic hydroxyl groups excluding tert-OH is 1. The van der Waals surface area contributed by atoms with Crippen LogP contribution in [-0.2, 0) is 0 Å². The van der Waals surface area contributed by atoms with Crippen LogP contribution >= 0.6 is 11.6 Å². The SMILES string of the molecule is Nc1ccc(Cl)c(C(=O)N2CCCN(CCO)CC2)c1. The summed E-state index contributed by atoms with van der Waals surface area (Å²) in [4.78, 5) is 16.5. The molecule has 1 aromatic rings. The first-order valence-corrected chi connectivity index (χ1v) is 7.17. The van der Waals surface area contributed by atoms with E-state index >= 15 is 0 Å². The normalized spacial score (nSPS) is 17.0. The minimum absolute atomic E-state index is 0.0758. The molecule has 1 amide bonds. The number of rotatable bonds is 3. The van der Waals surface area contributed by atoms with Crippen LogP contribution in [0.3, 0.4) is 0 Å². The van der Waals surface area contributed by atoms with Gasteiger partial charge < -0.3 is 15.7 Å². The highest BCUT2D eigenvalue weighted by atomic mass is 35.5. The van der Waals surface area contributed by atoms with E-state index in [4.69, 9.17) is 22.4 Å². The van der Waals surface area contributed by atoms with Crippen LogP contribution in [0.5, 0.6) is 0 Å². The number of anilines is 1. The molecule has 20 heavy (non-hydrogen) atoms. The third-order valence-electron chi connectivity index (χ3n) is 3.51. The molecule has 1 saturated heterocycles. The summed E-state index contributed by atoms with van der Waals surface area (Å²) >= 11 is 6.08. The van der Waals surface area contributed by atoms with E-state index < -0.39 is 0 Å². The van der Waals surface area contributed by atoms with Crippen molar-refractivity contribution in [2.24, 2.45) is 0 Å². The molecule has 0 spiro atoms. The summed E-state index contributed by atoms with van der Waals surface area (Å²) in [5, 5.41) is 9.41. The van der Waals surface area contributed by atoms with Crippen molar-refractivity contribution in [3.05, 3.63) is 28.8 Å². The number of hydrogen-bond donors (Lipinski definition) is 2. The third-order valence-corrected chi connectivity index (χ3v) is 3.84. The lowest BCUT2D eigenvalue weighted by Gasteiger charge is -2.22. The first-order chi connectivity index (χ1) is 9.61. The number of β-amino-alcohol motifs (C(OH)–C–C–N with tert-alkyl or cyclic N) is 1. The molecule has 5 nitrogen and oxygen atoms in total. The number of aliphatic hydroxyl groups is 1. The molecule has 1 aromatic carbocycles. The number of nitrogens with two attached hydrogens (primary N) is 1. The Morgan fingerprint density at radius 3 is 2.85 bits per heavy atom. The van der Waals surface area contributed by atoms with Gasteiger partial charge in [0.25, 0.3) is 5.91 Å². The monoisotopic (exact) mass is 297 g/mol. The maximum Gasteiger partial charge on any atom is 0.255 e. The Morgan fingerprint density at radius 1 is 1.30 bits per heavy atom. The van der Waals surface area contributed by atoms with Crippen molar-refractivity contribution in [1.29, 1.82) is 0 Å². The van der Waals surface area contributed by atoms with Crippen molar-refractivity contribution in [3.63, 3.8) is 0 Å². The first kappa shape index (κ1) is 15.1. The lowest BCUT2D eigenvalue weighted by Crippen LogP contribution is -2.36. The minimum Gasteiger partial charge on any atom is -0.399 e. The molecular weight excluding hydrogens is 278 g/mol. The average molecular weight is 298 g/mol. The number of amides is 1. The highest BCUT2D eigenvalue weighted by molar-refractivity contribution is 6.34. The van der Waals surface area contributed by atoms with Crippen LogP contribution in [0.4, 0.5) is 5.69 Å².